The fraction of sp³-hybridized carbons (Fsp3) is 0.385. The second kappa shape index (κ2) is 5.36. The summed E-state index contributed by atoms with van der Waals surface area (Å²) in [7, 11) is 0. The van der Waals surface area contributed by atoms with Gasteiger partial charge in [0, 0.05) is 16.2 Å². The molecule has 0 fully saturated rings. The van der Waals surface area contributed by atoms with Gasteiger partial charge in [0.1, 0.15) is 0 Å². The van der Waals surface area contributed by atoms with E-state index in [1.807, 2.05) is 36.4 Å². The van der Waals surface area contributed by atoms with Crippen LogP contribution in [-0.4, -0.2) is 16.2 Å². The monoisotopic (exact) mass is 249 g/mol. The first-order valence-corrected chi connectivity index (χ1v) is 6.55. The third-order valence-electron chi connectivity index (χ3n) is 2.96. The molecule has 0 bridgehead atoms. The smallest absolute Gasteiger partial charge is 0.228 e. The van der Waals surface area contributed by atoms with Crippen molar-refractivity contribution >= 4 is 11.8 Å². The van der Waals surface area contributed by atoms with Crippen LogP contribution in [0, 0.1) is 10.1 Å². The summed E-state index contributed by atoms with van der Waals surface area (Å²) in [5, 5.41) is 11.1. The fourth-order valence-corrected chi connectivity index (χ4v) is 3.40. The van der Waals surface area contributed by atoms with Gasteiger partial charge in [-0.25, -0.2) is 0 Å². The zero-order valence-electron chi connectivity index (χ0n) is 9.70. The van der Waals surface area contributed by atoms with E-state index in [2.05, 4.69) is 6.92 Å². The van der Waals surface area contributed by atoms with E-state index >= 15 is 0 Å². The van der Waals surface area contributed by atoms with E-state index in [0.717, 1.165) is 11.3 Å². The molecular formula is C13H15NO2S. The third-order valence-corrected chi connectivity index (χ3v) is 4.29. The lowest BCUT2D eigenvalue weighted by Crippen LogP contribution is -2.33. The van der Waals surface area contributed by atoms with Gasteiger partial charge in [-0.2, -0.15) is 0 Å². The first-order valence-electron chi connectivity index (χ1n) is 5.67. The van der Waals surface area contributed by atoms with Crippen molar-refractivity contribution < 1.29 is 4.92 Å². The van der Waals surface area contributed by atoms with Gasteiger partial charge in [0.05, 0.1) is 5.25 Å². The quantitative estimate of drug-likeness (QED) is 0.467. The maximum atomic E-state index is 11.0. The maximum Gasteiger partial charge on any atom is 0.228 e. The SMILES string of the molecule is CC1=CC[C@H]([N+](=O)[O-])[C@@H](Sc2ccccc2)C1. The molecule has 1 aromatic carbocycles. The van der Waals surface area contributed by atoms with Crippen molar-refractivity contribution in [3.63, 3.8) is 0 Å². The number of benzene rings is 1. The summed E-state index contributed by atoms with van der Waals surface area (Å²) in [6, 6.07) is 9.46. The van der Waals surface area contributed by atoms with E-state index in [0.29, 0.717) is 6.42 Å². The van der Waals surface area contributed by atoms with E-state index in [1.165, 1.54) is 5.57 Å². The topological polar surface area (TPSA) is 43.1 Å². The summed E-state index contributed by atoms with van der Waals surface area (Å²) in [5.41, 5.74) is 1.26. The van der Waals surface area contributed by atoms with Crippen LogP contribution in [0.15, 0.2) is 46.9 Å². The Bertz CT molecular complexity index is 430. The average Bonchev–Trinajstić information content (AvgIpc) is 2.30. The molecule has 0 N–H and O–H groups in total. The summed E-state index contributed by atoms with van der Waals surface area (Å²) in [6.07, 6.45) is 3.37. The van der Waals surface area contributed by atoms with Crippen molar-refractivity contribution in [2.24, 2.45) is 0 Å². The molecule has 1 aromatic rings. The highest BCUT2D eigenvalue weighted by molar-refractivity contribution is 8.00. The Labute approximate surface area is 105 Å². The highest BCUT2D eigenvalue weighted by Gasteiger charge is 2.34. The van der Waals surface area contributed by atoms with Crippen molar-refractivity contribution in [1.82, 2.24) is 0 Å². The standard InChI is InChI=1S/C13H15NO2S/c1-10-7-8-12(14(15)16)13(9-10)17-11-5-3-2-4-6-11/h2-7,12-13H,8-9H2,1H3/t12-,13-/m0/s1. The highest BCUT2D eigenvalue weighted by Crippen LogP contribution is 2.34. The Hall–Kier alpha value is -1.29. The number of hydrogen-bond acceptors (Lipinski definition) is 3. The Morgan fingerprint density at radius 1 is 1.35 bits per heavy atom. The van der Waals surface area contributed by atoms with Crippen LogP contribution in [0.5, 0.6) is 0 Å². The third kappa shape index (κ3) is 3.09. The Kier molecular flexibility index (Phi) is 3.84. The molecule has 1 aliphatic rings. The fourth-order valence-electron chi connectivity index (χ4n) is 2.03. The number of nitrogens with zero attached hydrogens (tertiary/aromatic N) is 1. The summed E-state index contributed by atoms with van der Waals surface area (Å²) in [6.45, 7) is 2.05. The van der Waals surface area contributed by atoms with Gasteiger partial charge in [-0.15, -0.1) is 11.8 Å². The molecule has 0 saturated heterocycles. The molecule has 0 radical (unpaired) electrons. The Balaban J connectivity index is 2.12. The normalized spacial score (nSPS) is 24.2. The van der Waals surface area contributed by atoms with Gasteiger partial charge in [0.2, 0.25) is 6.04 Å². The van der Waals surface area contributed by atoms with Crippen LogP contribution in [0.1, 0.15) is 19.8 Å². The lowest BCUT2D eigenvalue weighted by molar-refractivity contribution is -0.521. The molecule has 0 spiro atoms. The highest BCUT2D eigenvalue weighted by atomic mass is 32.2. The molecule has 90 valence electrons. The van der Waals surface area contributed by atoms with Gasteiger partial charge in [0.15, 0.2) is 0 Å². The number of thioether (sulfide) groups is 1. The maximum absolute atomic E-state index is 11.0. The molecule has 0 heterocycles. The van der Waals surface area contributed by atoms with E-state index in [-0.39, 0.29) is 10.2 Å². The molecule has 0 aromatic heterocycles. The van der Waals surface area contributed by atoms with Crippen LogP contribution in [0.4, 0.5) is 0 Å². The molecule has 0 saturated carbocycles. The largest absolute Gasteiger partial charge is 0.264 e. The molecule has 0 unspecified atom stereocenters. The average molecular weight is 249 g/mol. The Morgan fingerprint density at radius 3 is 2.71 bits per heavy atom. The molecule has 0 aliphatic heterocycles. The van der Waals surface area contributed by atoms with E-state index in [4.69, 9.17) is 0 Å². The molecule has 2 rings (SSSR count). The van der Waals surface area contributed by atoms with Crippen LogP contribution in [-0.2, 0) is 0 Å². The predicted octanol–water partition coefficient (Wildman–Crippen LogP) is 3.53. The minimum atomic E-state index is -0.455. The van der Waals surface area contributed by atoms with Crippen molar-refractivity contribution in [1.29, 1.82) is 0 Å². The van der Waals surface area contributed by atoms with Gasteiger partial charge in [-0.3, -0.25) is 10.1 Å². The molecule has 3 nitrogen and oxygen atoms in total. The van der Waals surface area contributed by atoms with Gasteiger partial charge < -0.3 is 0 Å². The van der Waals surface area contributed by atoms with Crippen LogP contribution >= 0.6 is 11.8 Å². The molecule has 1 aliphatic carbocycles. The molecule has 0 amide bonds. The number of hydrogen-bond donors (Lipinski definition) is 0. The van der Waals surface area contributed by atoms with Crippen LogP contribution in [0.2, 0.25) is 0 Å². The first-order chi connectivity index (χ1) is 8.16. The van der Waals surface area contributed by atoms with Crippen molar-refractivity contribution in [2.75, 3.05) is 0 Å². The van der Waals surface area contributed by atoms with Gasteiger partial charge in [-0.05, 0) is 25.5 Å². The number of allylic oxidation sites excluding steroid dienone is 1. The minimum absolute atomic E-state index is 0.0531. The summed E-state index contributed by atoms with van der Waals surface area (Å²) in [4.78, 5) is 12.0. The summed E-state index contributed by atoms with van der Waals surface area (Å²) >= 11 is 1.62. The Morgan fingerprint density at radius 2 is 2.06 bits per heavy atom. The molecule has 4 heteroatoms. The van der Waals surface area contributed by atoms with Crippen LogP contribution in [0.3, 0.4) is 0 Å². The first kappa shape index (κ1) is 12.2. The van der Waals surface area contributed by atoms with Crippen molar-refractivity contribution in [3.05, 3.63) is 52.1 Å². The molecular weight excluding hydrogens is 234 g/mol. The lowest BCUT2D eigenvalue weighted by Gasteiger charge is -2.24. The van der Waals surface area contributed by atoms with E-state index in [1.54, 1.807) is 11.8 Å². The zero-order valence-corrected chi connectivity index (χ0v) is 10.5. The van der Waals surface area contributed by atoms with Crippen molar-refractivity contribution in [3.8, 4) is 0 Å². The minimum Gasteiger partial charge on any atom is -0.264 e. The van der Waals surface area contributed by atoms with Crippen LogP contribution < -0.4 is 0 Å². The number of nitro groups is 1. The predicted molar refractivity (Wildman–Crippen MR) is 69.9 cm³/mol. The van der Waals surface area contributed by atoms with E-state index < -0.39 is 6.04 Å². The van der Waals surface area contributed by atoms with Gasteiger partial charge in [-0.1, -0.05) is 29.8 Å². The molecule has 2 atom stereocenters. The van der Waals surface area contributed by atoms with Gasteiger partial charge in [0.25, 0.3) is 0 Å². The van der Waals surface area contributed by atoms with Crippen LogP contribution in [0.25, 0.3) is 0 Å². The number of rotatable bonds is 3. The van der Waals surface area contributed by atoms with Gasteiger partial charge >= 0.3 is 0 Å². The summed E-state index contributed by atoms with van der Waals surface area (Å²) < 4.78 is 0. The zero-order chi connectivity index (χ0) is 12.3. The second-order valence-electron chi connectivity index (χ2n) is 4.31. The second-order valence-corrected chi connectivity index (χ2v) is 5.62. The summed E-state index contributed by atoms with van der Waals surface area (Å²) in [5.74, 6) is 0. The van der Waals surface area contributed by atoms with E-state index in [9.17, 15) is 10.1 Å². The molecule has 17 heavy (non-hydrogen) atoms. The lowest BCUT2D eigenvalue weighted by atomic mass is 9.96. The van der Waals surface area contributed by atoms with Crippen molar-refractivity contribution in [2.45, 2.75) is 36.0 Å².